The Hall–Kier alpha value is -2.34. The minimum absolute atomic E-state index is 0.274. The second-order valence-electron chi connectivity index (χ2n) is 4.92. The van der Waals surface area contributed by atoms with Gasteiger partial charge in [-0.1, -0.05) is 25.5 Å². The third-order valence-corrected chi connectivity index (χ3v) is 3.37. The number of thiocarbonyl (C=S) groups is 1. The van der Waals surface area contributed by atoms with Crippen LogP contribution in [-0.4, -0.2) is 16.0 Å². The summed E-state index contributed by atoms with van der Waals surface area (Å²) in [5.74, 6) is -0.274. The van der Waals surface area contributed by atoms with Gasteiger partial charge < -0.3 is 10.3 Å². The van der Waals surface area contributed by atoms with Crippen molar-refractivity contribution in [3.8, 4) is 0 Å². The van der Waals surface area contributed by atoms with Crippen LogP contribution in [-0.2, 0) is 6.42 Å². The number of hydrazine groups is 1. The van der Waals surface area contributed by atoms with E-state index in [0.717, 1.165) is 12.1 Å². The topological polar surface area (TPSA) is 68.9 Å². The number of aryl methyl sites for hydroxylation is 1. The summed E-state index contributed by atoms with van der Waals surface area (Å²) in [7, 11) is 0. The zero-order valence-electron chi connectivity index (χ0n) is 12.5. The maximum atomic E-state index is 11.7. The van der Waals surface area contributed by atoms with Crippen LogP contribution in [0.3, 0.4) is 0 Å². The van der Waals surface area contributed by atoms with Crippen LogP contribution in [0.5, 0.6) is 0 Å². The molecular weight excluding hydrogens is 296 g/mol. The number of nitrogens with one attached hydrogen (secondary N) is 4. The Morgan fingerprint density at radius 3 is 2.59 bits per heavy atom. The number of rotatable bonds is 5. The van der Waals surface area contributed by atoms with Crippen LogP contribution >= 0.6 is 12.2 Å². The van der Waals surface area contributed by atoms with Gasteiger partial charge in [-0.2, -0.15) is 0 Å². The normalized spacial score (nSPS) is 10.0. The minimum Gasteiger partial charge on any atom is -0.357 e. The third kappa shape index (κ3) is 4.89. The Balaban J connectivity index is 1.78. The molecule has 0 aliphatic rings. The number of aromatic amines is 1. The van der Waals surface area contributed by atoms with Gasteiger partial charge in [0.25, 0.3) is 5.91 Å². The molecule has 0 unspecified atom stereocenters. The Morgan fingerprint density at radius 2 is 1.95 bits per heavy atom. The van der Waals surface area contributed by atoms with E-state index in [0.29, 0.717) is 10.8 Å². The number of carbonyl (C=O) groups is 1. The van der Waals surface area contributed by atoms with Gasteiger partial charge in [0, 0.05) is 11.9 Å². The van der Waals surface area contributed by atoms with Crippen LogP contribution in [0.4, 0.5) is 5.69 Å². The van der Waals surface area contributed by atoms with Gasteiger partial charge in [-0.15, -0.1) is 0 Å². The molecule has 0 saturated carbocycles. The van der Waals surface area contributed by atoms with Crippen LogP contribution < -0.4 is 16.2 Å². The number of anilines is 1. The number of hydrogen-bond acceptors (Lipinski definition) is 2. The van der Waals surface area contributed by atoms with Crippen molar-refractivity contribution in [3.63, 3.8) is 0 Å². The maximum Gasteiger partial charge on any atom is 0.286 e. The first-order valence-electron chi connectivity index (χ1n) is 7.28. The van der Waals surface area contributed by atoms with Crippen molar-refractivity contribution in [2.45, 2.75) is 26.2 Å². The molecule has 0 radical (unpaired) electrons. The first kappa shape index (κ1) is 16.0. The number of aromatic nitrogens is 1. The lowest BCUT2D eigenvalue weighted by Crippen LogP contribution is -2.43. The molecule has 0 saturated heterocycles. The van der Waals surface area contributed by atoms with Gasteiger partial charge in [-0.3, -0.25) is 15.6 Å². The molecule has 0 aliphatic heterocycles. The van der Waals surface area contributed by atoms with Crippen LogP contribution in [0.25, 0.3) is 0 Å². The summed E-state index contributed by atoms with van der Waals surface area (Å²) in [5.41, 5.74) is 7.85. The molecule has 116 valence electrons. The zero-order chi connectivity index (χ0) is 15.8. The van der Waals surface area contributed by atoms with Gasteiger partial charge >= 0.3 is 0 Å². The molecule has 5 nitrogen and oxygen atoms in total. The Kier molecular flexibility index (Phi) is 5.97. The fourth-order valence-corrected chi connectivity index (χ4v) is 2.12. The van der Waals surface area contributed by atoms with Crippen molar-refractivity contribution in [2.75, 3.05) is 5.32 Å². The molecule has 4 N–H and O–H groups in total. The number of H-pyrrole nitrogens is 1. The predicted molar refractivity (Wildman–Crippen MR) is 92.7 cm³/mol. The van der Waals surface area contributed by atoms with Crippen molar-refractivity contribution in [1.82, 2.24) is 15.8 Å². The highest BCUT2D eigenvalue weighted by Gasteiger charge is 2.05. The molecule has 2 rings (SSSR count). The van der Waals surface area contributed by atoms with Crippen molar-refractivity contribution >= 4 is 28.9 Å². The summed E-state index contributed by atoms with van der Waals surface area (Å²) < 4.78 is 0. The average molecular weight is 316 g/mol. The van der Waals surface area contributed by atoms with Gasteiger partial charge in [0.15, 0.2) is 5.11 Å². The Morgan fingerprint density at radius 1 is 1.18 bits per heavy atom. The van der Waals surface area contributed by atoms with Crippen molar-refractivity contribution in [1.29, 1.82) is 0 Å². The molecular formula is C16H20N4OS. The molecule has 6 heteroatoms. The van der Waals surface area contributed by atoms with Gasteiger partial charge in [0.1, 0.15) is 5.69 Å². The molecule has 0 bridgehead atoms. The van der Waals surface area contributed by atoms with Crippen LogP contribution in [0.2, 0.25) is 0 Å². The van der Waals surface area contributed by atoms with E-state index >= 15 is 0 Å². The van der Waals surface area contributed by atoms with E-state index in [-0.39, 0.29) is 5.91 Å². The van der Waals surface area contributed by atoms with E-state index in [2.05, 4.69) is 40.2 Å². The quantitative estimate of drug-likeness (QED) is 0.506. The number of amides is 1. The fourth-order valence-electron chi connectivity index (χ4n) is 1.95. The maximum absolute atomic E-state index is 11.7. The second-order valence-corrected chi connectivity index (χ2v) is 5.33. The van der Waals surface area contributed by atoms with Gasteiger partial charge in [-0.05, 0) is 54.9 Å². The smallest absolute Gasteiger partial charge is 0.286 e. The van der Waals surface area contributed by atoms with E-state index in [4.69, 9.17) is 12.2 Å². The summed E-state index contributed by atoms with van der Waals surface area (Å²) >= 11 is 5.14. The van der Waals surface area contributed by atoms with E-state index in [1.807, 2.05) is 12.1 Å². The highest BCUT2D eigenvalue weighted by molar-refractivity contribution is 7.80. The van der Waals surface area contributed by atoms with Gasteiger partial charge in [0.05, 0.1) is 0 Å². The van der Waals surface area contributed by atoms with Crippen LogP contribution in [0.1, 0.15) is 35.8 Å². The summed E-state index contributed by atoms with van der Waals surface area (Å²) in [5, 5.41) is 3.36. The van der Waals surface area contributed by atoms with Gasteiger partial charge in [-0.25, -0.2) is 0 Å². The summed E-state index contributed by atoms with van der Waals surface area (Å²) in [6.07, 6.45) is 5.16. The second kappa shape index (κ2) is 8.19. The summed E-state index contributed by atoms with van der Waals surface area (Å²) in [4.78, 5) is 14.5. The molecule has 0 fully saturated rings. The average Bonchev–Trinajstić information content (AvgIpc) is 3.06. The summed E-state index contributed by atoms with van der Waals surface area (Å²) in [6, 6.07) is 11.6. The number of benzene rings is 1. The lowest BCUT2D eigenvalue weighted by Gasteiger charge is -2.11. The first-order valence-corrected chi connectivity index (χ1v) is 7.69. The van der Waals surface area contributed by atoms with Gasteiger partial charge in [0.2, 0.25) is 0 Å². The highest BCUT2D eigenvalue weighted by Crippen LogP contribution is 2.11. The molecule has 0 atom stereocenters. The largest absolute Gasteiger partial charge is 0.357 e. The van der Waals surface area contributed by atoms with Crippen LogP contribution in [0, 0.1) is 0 Å². The predicted octanol–water partition coefficient (Wildman–Crippen LogP) is 2.99. The SMILES string of the molecule is CCCCc1ccc(NC(=S)NNC(=O)c2ccc[nH]2)cc1. The standard InChI is InChI=1S/C16H20N4OS/c1-2-3-5-12-7-9-13(10-8-12)18-16(22)20-19-15(21)14-6-4-11-17-14/h4,6-11,17H,2-3,5H2,1H3,(H,19,21)(H2,18,20,22). The lowest BCUT2D eigenvalue weighted by atomic mass is 10.1. The van der Waals surface area contributed by atoms with Crippen molar-refractivity contribution in [3.05, 3.63) is 53.9 Å². The fraction of sp³-hybridized carbons (Fsp3) is 0.250. The zero-order valence-corrected chi connectivity index (χ0v) is 13.3. The molecule has 1 heterocycles. The number of carbonyl (C=O) groups excluding carboxylic acids is 1. The lowest BCUT2D eigenvalue weighted by molar-refractivity contribution is 0.0940. The molecule has 1 aromatic carbocycles. The Bertz CT molecular complexity index is 608. The molecule has 1 aromatic heterocycles. The van der Waals surface area contributed by atoms with Crippen molar-refractivity contribution < 1.29 is 4.79 Å². The van der Waals surface area contributed by atoms with E-state index < -0.39 is 0 Å². The van der Waals surface area contributed by atoms with E-state index in [1.165, 1.54) is 18.4 Å². The molecule has 22 heavy (non-hydrogen) atoms. The third-order valence-electron chi connectivity index (χ3n) is 3.16. The highest BCUT2D eigenvalue weighted by atomic mass is 32.1. The first-order chi connectivity index (χ1) is 10.7. The monoisotopic (exact) mass is 316 g/mol. The van der Waals surface area contributed by atoms with E-state index in [1.54, 1.807) is 18.3 Å². The van der Waals surface area contributed by atoms with E-state index in [9.17, 15) is 4.79 Å². The molecule has 0 aliphatic carbocycles. The molecule has 0 spiro atoms. The number of hydrogen-bond donors (Lipinski definition) is 4. The number of unbranched alkanes of at least 4 members (excludes halogenated alkanes) is 1. The Labute approximate surface area is 135 Å². The molecule has 1 amide bonds. The molecule has 2 aromatic rings. The van der Waals surface area contributed by atoms with Crippen LogP contribution in [0.15, 0.2) is 42.6 Å². The minimum atomic E-state index is -0.274. The summed E-state index contributed by atoms with van der Waals surface area (Å²) in [6.45, 7) is 2.18. The van der Waals surface area contributed by atoms with Crippen molar-refractivity contribution in [2.24, 2.45) is 0 Å².